The van der Waals surface area contributed by atoms with Crippen molar-refractivity contribution in [2.45, 2.75) is 169 Å². The van der Waals surface area contributed by atoms with E-state index in [1.165, 1.54) is 135 Å². The van der Waals surface area contributed by atoms with Gasteiger partial charge in [-0.1, -0.05) is 169 Å². The second kappa shape index (κ2) is 22.7. The van der Waals surface area contributed by atoms with Crippen molar-refractivity contribution in [1.82, 2.24) is 0 Å². The minimum atomic E-state index is 0.947. The summed E-state index contributed by atoms with van der Waals surface area (Å²) in [6.45, 7) is 12.0. The molecular weight excluding hydrogens is 348 g/mol. The molecule has 0 fully saturated rings. The summed E-state index contributed by atoms with van der Waals surface area (Å²) in [7, 11) is 0. The Balaban J connectivity index is 3.32. The van der Waals surface area contributed by atoms with Gasteiger partial charge in [-0.2, -0.15) is 0 Å². The maximum absolute atomic E-state index is 2.50. The van der Waals surface area contributed by atoms with Gasteiger partial charge in [-0.25, -0.2) is 0 Å². The second-order valence-corrected chi connectivity index (χ2v) is 10.6. The number of hydrogen-bond donors (Lipinski definition) is 0. The van der Waals surface area contributed by atoms with E-state index in [9.17, 15) is 0 Å². The molecule has 0 rings (SSSR count). The van der Waals surface area contributed by atoms with E-state index in [1.54, 1.807) is 0 Å². The van der Waals surface area contributed by atoms with Gasteiger partial charge in [0.1, 0.15) is 0 Å². The monoisotopic (exact) mass is 408 g/mol. The molecule has 0 amide bonds. The molecule has 0 saturated carbocycles. The smallest absolute Gasteiger partial charge is 0.0443 e. The van der Waals surface area contributed by atoms with E-state index in [-0.39, 0.29) is 0 Å². The van der Waals surface area contributed by atoms with E-state index in [2.05, 4.69) is 34.6 Å². The summed E-state index contributed by atoms with van der Waals surface area (Å²) in [4.78, 5) is 0. The van der Waals surface area contributed by atoms with Crippen LogP contribution in [0.25, 0.3) is 0 Å². The Hall–Kier alpha value is 0. The third kappa shape index (κ3) is 22.5. The van der Waals surface area contributed by atoms with Gasteiger partial charge in [-0.3, -0.25) is 0 Å². The topological polar surface area (TPSA) is 0 Å². The molecule has 0 N–H and O–H groups in total. The molecule has 0 nitrogen and oxygen atoms in total. The largest absolute Gasteiger partial charge is 0.0654 e. The van der Waals surface area contributed by atoms with Crippen molar-refractivity contribution in [3.8, 4) is 0 Å². The van der Waals surface area contributed by atoms with E-state index in [0.717, 1.165) is 17.8 Å². The second-order valence-electron chi connectivity index (χ2n) is 10.6. The molecular formula is C29H60. The van der Waals surface area contributed by atoms with Gasteiger partial charge in [0.2, 0.25) is 0 Å². The lowest BCUT2D eigenvalue weighted by Gasteiger charge is -2.15. The first-order chi connectivity index (χ1) is 14.1. The Kier molecular flexibility index (Phi) is 22.7. The third-order valence-electron chi connectivity index (χ3n) is 7.12. The SMILES string of the molecule is CCCCCCCCCCCCCCC(C)CCCC(C)CCCC(C)CCC. The molecule has 0 aliphatic heterocycles. The van der Waals surface area contributed by atoms with Crippen LogP contribution in [0.1, 0.15) is 169 Å². The van der Waals surface area contributed by atoms with Crippen LogP contribution in [-0.4, -0.2) is 0 Å². The average Bonchev–Trinajstić information content (AvgIpc) is 2.69. The number of hydrogen-bond acceptors (Lipinski definition) is 0. The van der Waals surface area contributed by atoms with Crippen molar-refractivity contribution >= 4 is 0 Å². The van der Waals surface area contributed by atoms with Gasteiger partial charge in [-0.05, 0) is 17.8 Å². The maximum atomic E-state index is 2.50. The van der Waals surface area contributed by atoms with E-state index in [4.69, 9.17) is 0 Å². The first-order valence-corrected chi connectivity index (χ1v) is 14.1. The Bertz CT molecular complexity index is 294. The van der Waals surface area contributed by atoms with Crippen molar-refractivity contribution in [3.05, 3.63) is 0 Å². The quantitative estimate of drug-likeness (QED) is 0.147. The normalized spacial score (nSPS) is 14.8. The van der Waals surface area contributed by atoms with Crippen LogP contribution in [0.15, 0.2) is 0 Å². The van der Waals surface area contributed by atoms with Gasteiger partial charge in [0.25, 0.3) is 0 Å². The van der Waals surface area contributed by atoms with Crippen LogP contribution >= 0.6 is 0 Å². The fourth-order valence-electron chi connectivity index (χ4n) is 4.89. The molecule has 0 aliphatic rings. The van der Waals surface area contributed by atoms with Gasteiger partial charge < -0.3 is 0 Å². The fourth-order valence-corrected chi connectivity index (χ4v) is 4.89. The predicted molar refractivity (Wildman–Crippen MR) is 136 cm³/mol. The molecule has 176 valence electrons. The Morgan fingerprint density at radius 1 is 0.310 bits per heavy atom. The molecule has 3 unspecified atom stereocenters. The summed E-state index contributed by atoms with van der Waals surface area (Å²) in [5, 5.41) is 0. The zero-order valence-corrected chi connectivity index (χ0v) is 21.6. The van der Waals surface area contributed by atoms with Crippen molar-refractivity contribution in [2.75, 3.05) is 0 Å². The van der Waals surface area contributed by atoms with E-state index in [0.29, 0.717) is 0 Å². The summed E-state index contributed by atoms with van der Waals surface area (Å²) < 4.78 is 0. The van der Waals surface area contributed by atoms with Gasteiger partial charge in [-0.15, -0.1) is 0 Å². The molecule has 29 heavy (non-hydrogen) atoms. The van der Waals surface area contributed by atoms with Gasteiger partial charge in [0.15, 0.2) is 0 Å². The van der Waals surface area contributed by atoms with E-state index >= 15 is 0 Å². The average molecular weight is 409 g/mol. The number of unbranched alkanes of at least 4 members (excludes halogenated alkanes) is 11. The first-order valence-electron chi connectivity index (χ1n) is 14.1. The highest BCUT2D eigenvalue weighted by atomic mass is 14.1. The molecule has 3 atom stereocenters. The van der Waals surface area contributed by atoms with Crippen LogP contribution in [0, 0.1) is 17.8 Å². The van der Waals surface area contributed by atoms with Crippen LogP contribution in [0.3, 0.4) is 0 Å². The molecule has 0 radical (unpaired) electrons. The highest BCUT2D eigenvalue weighted by Gasteiger charge is 2.07. The molecule has 0 heteroatoms. The zero-order valence-electron chi connectivity index (χ0n) is 21.6. The Morgan fingerprint density at radius 3 is 1.00 bits per heavy atom. The van der Waals surface area contributed by atoms with Crippen LogP contribution in [0.4, 0.5) is 0 Å². The molecule has 0 heterocycles. The van der Waals surface area contributed by atoms with Crippen molar-refractivity contribution in [1.29, 1.82) is 0 Å². The summed E-state index contributed by atoms with van der Waals surface area (Å²) in [6, 6.07) is 0. The molecule has 0 aliphatic carbocycles. The lowest BCUT2D eigenvalue weighted by Crippen LogP contribution is -2.01. The lowest BCUT2D eigenvalue weighted by atomic mass is 9.91. The van der Waals surface area contributed by atoms with Crippen LogP contribution in [-0.2, 0) is 0 Å². The third-order valence-corrected chi connectivity index (χ3v) is 7.12. The highest BCUT2D eigenvalue weighted by molar-refractivity contribution is 4.60. The van der Waals surface area contributed by atoms with Crippen molar-refractivity contribution in [2.24, 2.45) is 17.8 Å². The molecule has 0 aromatic carbocycles. The maximum Gasteiger partial charge on any atom is -0.0443 e. The van der Waals surface area contributed by atoms with Crippen molar-refractivity contribution in [3.63, 3.8) is 0 Å². The first kappa shape index (κ1) is 29.0. The molecule has 0 aromatic heterocycles. The minimum Gasteiger partial charge on any atom is -0.0654 e. The summed E-state index contributed by atoms with van der Waals surface area (Å²) in [5.41, 5.74) is 0. The standard InChI is InChI=1S/C29H60/c1-6-8-9-10-11-12-13-14-15-16-17-18-22-28(4)24-20-26-29(5)25-19-23-27(3)21-7-2/h27-29H,6-26H2,1-5H3. The zero-order chi connectivity index (χ0) is 21.6. The Labute approximate surface area is 187 Å². The van der Waals surface area contributed by atoms with E-state index < -0.39 is 0 Å². The summed E-state index contributed by atoms with van der Waals surface area (Å²) >= 11 is 0. The Morgan fingerprint density at radius 2 is 0.621 bits per heavy atom. The summed E-state index contributed by atoms with van der Waals surface area (Å²) in [6.07, 6.45) is 30.6. The van der Waals surface area contributed by atoms with Crippen LogP contribution in [0.5, 0.6) is 0 Å². The van der Waals surface area contributed by atoms with Crippen LogP contribution < -0.4 is 0 Å². The van der Waals surface area contributed by atoms with Crippen molar-refractivity contribution < 1.29 is 0 Å². The fraction of sp³-hybridized carbons (Fsp3) is 1.00. The molecule has 0 spiro atoms. The molecule has 0 aromatic rings. The predicted octanol–water partition coefficient (Wildman–Crippen LogP) is 11.1. The molecule has 0 saturated heterocycles. The lowest BCUT2D eigenvalue weighted by molar-refractivity contribution is 0.377. The minimum absolute atomic E-state index is 0.947. The van der Waals surface area contributed by atoms with E-state index in [1.807, 2.05) is 0 Å². The van der Waals surface area contributed by atoms with Gasteiger partial charge in [0.05, 0.1) is 0 Å². The highest BCUT2D eigenvalue weighted by Crippen LogP contribution is 2.23. The molecule has 0 bridgehead atoms. The van der Waals surface area contributed by atoms with Gasteiger partial charge in [0, 0.05) is 0 Å². The van der Waals surface area contributed by atoms with Gasteiger partial charge >= 0.3 is 0 Å². The number of rotatable bonds is 23. The van der Waals surface area contributed by atoms with Crippen LogP contribution in [0.2, 0.25) is 0 Å². The summed E-state index contributed by atoms with van der Waals surface area (Å²) in [5.74, 6) is 2.85.